The minimum absolute atomic E-state index is 0.139. The number of benzene rings is 1. The number of rotatable bonds is 4. The normalized spacial score (nSPS) is 22.2. The van der Waals surface area contributed by atoms with Gasteiger partial charge in [0.05, 0.1) is 6.04 Å². The Morgan fingerprint density at radius 2 is 1.86 bits per heavy atom. The van der Waals surface area contributed by atoms with Crippen LogP contribution in [0, 0.1) is 12.7 Å². The topological polar surface area (TPSA) is 43.9 Å². The van der Waals surface area contributed by atoms with Crippen molar-refractivity contribution in [1.82, 2.24) is 14.7 Å². The van der Waals surface area contributed by atoms with Crippen molar-refractivity contribution in [3.63, 3.8) is 0 Å². The Balaban J connectivity index is 1.57. The molecule has 2 saturated heterocycles. The zero-order valence-electron chi connectivity index (χ0n) is 17.3. The lowest BCUT2D eigenvalue weighted by molar-refractivity contribution is -0.140. The van der Waals surface area contributed by atoms with Gasteiger partial charge in [0.2, 0.25) is 5.91 Å². The van der Waals surface area contributed by atoms with Crippen molar-refractivity contribution in [2.45, 2.75) is 58.5 Å². The van der Waals surface area contributed by atoms with Crippen molar-refractivity contribution in [1.29, 1.82) is 0 Å². The molecule has 28 heavy (non-hydrogen) atoms. The fourth-order valence-electron chi connectivity index (χ4n) is 4.33. The summed E-state index contributed by atoms with van der Waals surface area (Å²) in [5, 5.41) is 0. The van der Waals surface area contributed by atoms with E-state index >= 15 is 0 Å². The summed E-state index contributed by atoms with van der Waals surface area (Å²) in [6.07, 6.45) is 4.40. The first-order chi connectivity index (χ1) is 13.4. The highest BCUT2D eigenvalue weighted by atomic mass is 19.1. The Morgan fingerprint density at radius 3 is 2.50 bits per heavy atom. The van der Waals surface area contributed by atoms with Crippen LogP contribution in [0.25, 0.3) is 0 Å². The highest BCUT2D eigenvalue weighted by molar-refractivity contribution is 5.94. The summed E-state index contributed by atoms with van der Waals surface area (Å²) in [6, 6.07) is 4.84. The van der Waals surface area contributed by atoms with Gasteiger partial charge in [-0.1, -0.05) is 13.0 Å². The van der Waals surface area contributed by atoms with E-state index in [0.717, 1.165) is 25.8 Å². The van der Waals surface area contributed by atoms with Gasteiger partial charge in [-0.3, -0.25) is 14.5 Å². The third kappa shape index (κ3) is 4.37. The van der Waals surface area contributed by atoms with Crippen LogP contribution in [0.4, 0.5) is 4.39 Å². The highest BCUT2D eigenvalue weighted by Gasteiger charge is 2.33. The molecule has 6 heteroatoms. The number of carbonyl (C=O) groups is 2. The van der Waals surface area contributed by atoms with Gasteiger partial charge in [-0.25, -0.2) is 4.39 Å². The van der Waals surface area contributed by atoms with Gasteiger partial charge in [-0.15, -0.1) is 0 Å². The number of amides is 2. The second-order valence-electron chi connectivity index (χ2n) is 8.06. The van der Waals surface area contributed by atoms with Crippen LogP contribution >= 0.6 is 0 Å². The van der Waals surface area contributed by atoms with Gasteiger partial charge in [0.25, 0.3) is 5.91 Å². The maximum Gasteiger partial charge on any atom is 0.254 e. The molecule has 2 fully saturated rings. The first-order valence-corrected chi connectivity index (χ1v) is 10.5. The molecule has 2 atom stereocenters. The van der Waals surface area contributed by atoms with Crippen molar-refractivity contribution in [2.24, 2.45) is 0 Å². The molecule has 0 radical (unpaired) electrons. The summed E-state index contributed by atoms with van der Waals surface area (Å²) in [7, 11) is 0. The molecule has 1 aromatic rings. The summed E-state index contributed by atoms with van der Waals surface area (Å²) >= 11 is 0. The summed E-state index contributed by atoms with van der Waals surface area (Å²) in [5.41, 5.74) is 0.927. The number of hydrogen-bond acceptors (Lipinski definition) is 3. The molecule has 2 heterocycles. The summed E-state index contributed by atoms with van der Waals surface area (Å²) in [5.74, 6) is -0.276. The van der Waals surface area contributed by atoms with E-state index in [2.05, 4.69) is 16.7 Å². The van der Waals surface area contributed by atoms with Crippen LogP contribution in [0.2, 0.25) is 0 Å². The van der Waals surface area contributed by atoms with Crippen LogP contribution in [0.15, 0.2) is 18.2 Å². The second kappa shape index (κ2) is 9.03. The SMILES string of the molecule is CCC1CCCCN1C(=O)C(C)N1CCN(C(=O)c2ccc(C)c(F)c2)CC1. The van der Waals surface area contributed by atoms with Gasteiger partial charge in [0.15, 0.2) is 0 Å². The minimum atomic E-state index is -0.351. The molecule has 5 nitrogen and oxygen atoms in total. The lowest BCUT2D eigenvalue weighted by Crippen LogP contribution is -2.57. The largest absolute Gasteiger partial charge is 0.338 e. The summed E-state index contributed by atoms with van der Waals surface area (Å²) in [6.45, 7) is 9.13. The molecule has 154 valence electrons. The molecule has 0 N–H and O–H groups in total. The quantitative estimate of drug-likeness (QED) is 0.795. The molecule has 0 aromatic heterocycles. The molecule has 2 unspecified atom stereocenters. The van der Waals surface area contributed by atoms with Crippen LogP contribution < -0.4 is 0 Å². The van der Waals surface area contributed by atoms with E-state index < -0.39 is 0 Å². The van der Waals surface area contributed by atoms with Gasteiger partial charge in [-0.05, 0) is 57.2 Å². The smallest absolute Gasteiger partial charge is 0.254 e. The van der Waals surface area contributed by atoms with E-state index in [4.69, 9.17) is 0 Å². The Kier molecular flexibility index (Phi) is 6.70. The van der Waals surface area contributed by atoms with E-state index in [1.165, 1.54) is 12.5 Å². The second-order valence-corrected chi connectivity index (χ2v) is 8.06. The molecule has 0 bridgehead atoms. The molecule has 1 aromatic carbocycles. The van der Waals surface area contributed by atoms with E-state index in [-0.39, 0.29) is 23.7 Å². The maximum atomic E-state index is 13.8. The van der Waals surface area contributed by atoms with Crippen molar-refractivity contribution >= 4 is 11.8 Å². The molecule has 3 rings (SSSR count). The molecule has 2 aliphatic heterocycles. The van der Waals surface area contributed by atoms with E-state index in [1.807, 2.05) is 6.92 Å². The zero-order chi connectivity index (χ0) is 20.3. The van der Waals surface area contributed by atoms with Gasteiger partial charge in [0.1, 0.15) is 5.82 Å². The number of halogens is 1. The maximum absolute atomic E-state index is 13.8. The minimum Gasteiger partial charge on any atom is -0.338 e. The third-order valence-corrected chi connectivity index (χ3v) is 6.31. The number of likely N-dealkylation sites (tertiary alicyclic amines) is 1. The van der Waals surface area contributed by atoms with Gasteiger partial charge < -0.3 is 9.80 Å². The number of carbonyl (C=O) groups excluding carboxylic acids is 2. The number of aryl methyl sites for hydroxylation is 1. The summed E-state index contributed by atoms with van der Waals surface area (Å²) < 4.78 is 13.8. The van der Waals surface area contributed by atoms with Crippen LogP contribution in [-0.4, -0.2) is 71.3 Å². The molecule has 0 saturated carbocycles. The Bertz CT molecular complexity index is 716. The van der Waals surface area contributed by atoms with Gasteiger partial charge >= 0.3 is 0 Å². The fourth-order valence-corrected chi connectivity index (χ4v) is 4.33. The van der Waals surface area contributed by atoms with Crippen molar-refractivity contribution < 1.29 is 14.0 Å². The van der Waals surface area contributed by atoms with E-state index in [0.29, 0.717) is 43.3 Å². The molecular formula is C22H32FN3O2. The lowest BCUT2D eigenvalue weighted by atomic mass is 9.99. The van der Waals surface area contributed by atoms with Crippen LogP contribution in [0.3, 0.4) is 0 Å². The average Bonchev–Trinajstić information content (AvgIpc) is 2.74. The standard InChI is InChI=1S/C22H32FN3O2/c1-4-19-7-5-6-10-26(19)21(27)17(3)24-11-13-25(14-12-24)22(28)18-9-8-16(2)20(23)15-18/h8-9,15,17,19H,4-7,10-14H2,1-3H3. The van der Waals surface area contributed by atoms with Crippen molar-refractivity contribution in [3.8, 4) is 0 Å². The van der Waals surface area contributed by atoms with Crippen molar-refractivity contribution in [3.05, 3.63) is 35.1 Å². The predicted molar refractivity (Wildman–Crippen MR) is 108 cm³/mol. The molecule has 2 aliphatic rings. The summed E-state index contributed by atoms with van der Waals surface area (Å²) in [4.78, 5) is 31.7. The van der Waals surface area contributed by atoms with Crippen LogP contribution in [-0.2, 0) is 4.79 Å². The van der Waals surface area contributed by atoms with Gasteiger partial charge in [0, 0.05) is 44.3 Å². The lowest BCUT2D eigenvalue weighted by Gasteiger charge is -2.42. The zero-order valence-corrected chi connectivity index (χ0v) is 17.3. The Labute approximate surface area is 167 Å². The van der Waals surface area contributed by atoms with E-state index in [1.54, 1.807) is 24.0 Å². The molecular weight excluding hydrogens is 357 g/mol. The number of hydrogen-bond donors (Lipinski definition) is 0. The fraction of sp³-hybridized carbons (Fsp3) is 0.636. The monoisotopic (exact) mass is 389 g/mol. The first kappa shape index (κ1) is 20.8. The number of nitrogens with zero attached hydrogens (tertiary/aromatic N) is 3. The first-order valence-electron chi connectivity index (χ1n) is 10.5. The molecule has 0 spiro atoms. The van der Waals surface area contributed by atoms with E-state index in [9.17, 15) is 14.0 Å². The van der Waals surface area contributed by atoms with Crippen molar-refractivity contribution in [2.75, 3.05) is 32.7 Å². The Hall–Kier alpha value is -1.95. The third-order valence-electron chi connectivity index (χ3n) is 6.31. The molecule has 2 amide bonds. The number of piperidine rings is 1. The Morgan fingerprint density at radius 1 is 1.14 bits per heavy atom. The van der Waals surface area contributed by atoms with Crippen LogP contribution in [0.1, 0.15) is 55.5 Å². The van der Waals surface area contributed by atoms with Crippen LogP contribution in [0.5, 0.6) is 0 Å². The van der Waals surface area contributed by atoms with Gasteiger partial charge in [-0.2, -0.15) is 0 Å². The highest BCUT2D eigenvalue weighted by Crippen LogP contribution is 2.22. The molecule has 0 aliphatic carbocycles. The predicted octanol–water partition coefficient (Wildman–Crippen LogP) is 3.07. The number of piperazine rings is 1. The average molecular weight is 390 g/mol.